The van der Waals surface area contributed by atoms with Crippen molar-refractivity contribution >= 4 is 39.1 Å². The Kier molecular flexibility index (Phi) is 5.86. The predicted molar refractivity (Wildman–Crippen MR) is 123 cm³/mol. The van der Waals surface area contributed by atoms with Crippen molar-refractivity contribution in [3.63, 3.8) is 0 Å². The van der Waals surface area contributed by atoms with Gasteiger partial charge in [0.15, 0.2) is 0 Å². The predicted octanol–water partition coefficient (Wildman–Crippen LogP) is 3.31. The average Bonchev–Trinajstić information content (AvgIpc) is 3.39. The number of aromatic nitrogens is 1. The molecule has 0 aliphatic carbocycles. The second-order valence-electron chi connectivity index (χ2n) is 8.27. The number of carbonyl (C=O) groups excluding carboxylic acids is 1. The van der Waals surface area contributed by atoms with Crippen molar-refractivity contribution in [3.8, 4) is 0 Å². The van der Waals surface area contributed by atoms with Gasteiger partial charge in [-0.3, -0.25) is 4.79 Å². The Hall–Kier alpha value is -2.88. The lowest BCUT2D eigenvalue weighted by molar-refractivity contribution is 0.0344. The first-order valence-electron chi connectivity index (χ1n) is 10.9. The van der Waals surface area contributed by atoms with E-state index in [1.165, 1.54) is 11.3 Å². The van der Waals surface area contributed by atoms with E-state index in [-0.39, 0.29) is 18.2 Å². The van der Waals surface area contributed by atoms with Crippen molar-refractivity contribution in [3.05, 3.63) is 52.0 Å². The Morgan fingerprint density at radius 1 is 1.25 bits per heavy atom. The number of carboxylic acids is 1. The summed E-state index contributed by atoms with van der Waals surface area (Å²) >= 11 is 1.48. The maximum absolute atomic E-state index is 12.6. The van der Waals surface area contributed by atoms with Crippen LogP contribution in [0.4, 0.5) is 5.00 Å². The van der Waals surface area contributed by atoms with Crippen LogP contribution >= 0.6 is 11.3 Å². The van der Waals surface area contributed by atoms with E-state index in [4.69, 9.17) is 4.74 Å². The smallest absolute Gasteiger partial charge is 0.338 e. The maximum Gasteiger partial charge on any atom is 0.338 e. The number of rotatable bonds is 6. The van der Waals surface area contributed by atoms with Crippen LogP contribution in [-0.4, -0.2) is 47.4 Å². The molecule has 0 saturated carbocycles. The summed E-state index contributed by atoms with van der Waals surface area (Å²) in [5.74, 6) is -1.10. The van der Waals surface area contributed by atoms with Crippen LogP contribution in [0.3, 0.4) is 0 Å². The summed E-state index contributed by atoms with van der Waals surface area (Å²) in [5, 5.41) is 21.2. The average molecular weight is 455 g/mol. The Labute approximate surface area is 189 Å². The van der Waals surface area contributed by atoms with E-state index in [1.807, 2.05) is 30.3 Å². The Balaban J connectivity index is 1.26. The topological polar surface area (TPSA) is 115 Å². The van der Waals surface area contributed by atoms with E-state index in [9.17, 15) is 14.7 Å². The molecule has 0 bridgehead atoms. The minimum atomic E-state index is -0.927. The van der Waals surface area contributed by atoms with Crippen LogP contribution in [0, 0.1) is 0 Å². The number of amides is 1. The largest absolute Gasteiger partial charge is 0.478 e. The number of hydrogen-bond donors (Lipinski definition) is 5. The van der Waals surface area contributed by atoms with Crippen LogP contribution < -0.4 is 16.0 Å². The molecule has 2 unspecified atom stereocenters. The summed E-state index contributed by atoms with van der Waals surface area (Å²) in [6.07, 6.45) is 3.41. The lowest BCUT2D eigenvalue weighted by atomic mass is 9.98. The van der Waals surface area contributed by atoms with Crippen LogP contribution in [0.5, 0.6) is 0 Å². The van der Waals surface area contributed by atoms with Crippen LogP contribution in [-0.2, 0) is 17.7 Å². The molecule has 4 heterocycles. The van der Waals surface area contributed by atoms with E-state index in [2.05, 4.69) is 20.9 Å². The van der Waals surface area contributed by atoms with Gasteiger partial charge in [-0.05, 0) is 43.4 Å². The number of H-pyrrole nitrogens is 1. The highest BCUT2D eigenvalue weighted by molar-refractivity contribution is 7.16. The van der Waals surface area contributed by atoms with Crippen LogP contribution in [0.15, 0.2) is 30.3 Å². The first-order chi connectivity index (χ1) is 15.6. The highest BCUT2D eigenvalue weighted by Crippen LogP contribution is 2.37. The number of carboxylic acid groups (broad SMARTS) is 1. The highest BCUT2D eigenvalue weighted by Gasteiger charge is 2.30. The van der Waals surface area contributed by atoms with Crippen molar-refractivity contribution in [2.75, 3.05) is 18.5 Å². The molecule has 2 atom stereocenters. The second-order valence-corrected chi connectivity index (χ2v) is 9.38. The molecule has 168 valence electrons. The standard InChI is InChI=1S/C23H26N4O4S/c28-21(17-9-13-5-1-2-6-16(13)26-17)25-11-14-10-15-18(12-24-14)32-22(20(15)23(29)30)27-19-7-3-4-8-31-19/h1-2,5-6,9,14,19,24,26-27H,3-4,7-8,10-12H2,(H,25,28)(H,29,30). The number of fused-ring (bicyclic) bond motifs is 2. The Morgan fingerprint density at radius 2 is 2.12 bits per heavy atom. The molecule has 1 aromatic carbocycles. The number of hydrogen-bond acceptors (Lipinski definition) is 6. The molecule has 5 N–H and O–H groups in total. The lowest BCUT2D eigenvalue weighted by Gasteiger charge is -2.25. The van der Waals surface area contributed by atoms with Crippen LogP contribution in [0.1, 0.15) is 50.5 Å². The minimum Gasteiger partial charge on any atom is -0.478 e. The molecule has 2 aliphatic rings. The van der Waals surface area contributed by atoms with Gasteiger partial charge in [-0.1, -0.05) is 18.2 Å². The zero-order valence-corrected chi connectivity index (χ0v) is 18.4. The van der Waals surface area contributed by atoms with Gasteiger partial charge in [0.05, 0.1) is 5.56 Å². The normalized spacial score (nSPS) is 20.6. The van der Waals surface area contributed by atoms with Gasteiger partial charge in [-0.25, -0.2) is 4.79 Å². The third kappa shape index (κ3) is 4.23. The minimum absolute atomic E-state index is 0.0395. The summed E-state index contributed by atoms with van der Waals surface area (Å²) in [6.45, 7) is 1.70. The first-order valence-corrected chi connectivity index (χ1v) is 11.8. The zero-order valence-electron chi connectivity index (χ0n) is 17.6. The van der Waals surface area contributed by atoms with Crippen molar-refractivity contribution in [2.45, 2.75) is 44.5 Å². The van der Waals surface area contributed by atoms with Gasteiger partial charge in [-0.2, -0.15) is 0 Å². The SMILES string of the molecule is O=C(NCC1Cc2c(sc(NC3CCCCO3)c2C(=O)O)CN1)c1cc2ccccc2[nH]1. The number of thiophene rings is 1. The highest BCUT2D eigenvalue weighted by atomic mass is 32.1. The quantitative estimate of drug-likeness (QED) is 0.390. The van der Waals surface area contributed by atoms with E-state index >= 15 is 0 Å². The van der Waals surface area contributed by atoms with Crippen molar-refractivity contribution in [1.29, 1.82) is 0 Å². The van der Waals surface area contributed by atoms with E-state index in [0.717, 1.165) is 40.6 Å². The van der Waals surface area contributed by atoms with Crippen molar-refractivity contribution in [1.82, 2.24) is 15.6 Å². The molecule has 2 aromatic heterocycles. The fraction of sp³-hybridized carbons (Fsp3) is 0.391. The molecule has 0 radical (unpaired) electrons. The van der Waals surface area contributed by atoms with E-state index in [0.29, 0.717) is 42.4 Å². The lowest BCUT2D eigenvalue weighted by Crippen LogP contribution is -2.44. The number of aromatic carboxylic acids is 1. The van der Waals surface area contributed by atoms with E-state index < -0.39 is 5.97 Å². The molecule has 1 amide bonds. The van der Waals surface area contributed by atoms with Crippen molar-refractivity contribution < 1.29 is 19.4 Å². The molecular formula is C23H26N4O4S. The molecule has 5 rings (SSSR count). The van der Waals surface area contributed by atoms with Gasteiger partial charge in [0.1, 0.15) is 16.9 Å². The van der Waals surface area contributed by atoms with Gasteiger partial charge >= 0.3 is 5.97 Å². The molecule has 9 heteroatoms. The number of carbonyl (C=O) groups is 2. The second kappa shape index (κ2) is 8.93. The van der Waals surface area contributed by atoms with Gasteiger partial charge < -0.3 is 30.8 Å². The molecule has 1 fully saturated rings. The molecule has 8 nitrogen and oxygen atoms in total. The summed E-state index contributed by atoms with van der Waals surface area (Å²) in [6, 6.07) is 9.55. The molecule has 3 aromatic rings. The van der Waals surface area contributed by atoms with Gasteiger partial charge in [0, 0.05) is 41.5 Å². The maximum atomic E-state index is 12.6. The van der Waals surface area contributed by atoms with Crippen LogP contribution in [0.25, 0.3) is 10.9 Å². The van der Waals surface area contributed by atoms with Gasteiger partial charge in [0.25, 0.3) is 5.91 Å². The number of aromatic amines is 1. The Bertz CT molecular complexity index is 1120. The zero-order chi connectivity index (χ0) is 22.1. The molecule has 0 spiro atoms. The van der Waals surface area contributed by atoms with E-state index in [1.54, 1.807) is 0 Å². The third-order valence-electron chi connectivity index (χ3n) is 6.06. The number of para-hydroxylation sites is 1. The summed E-state index contributed by atoms with van der Waals surface area (Å²) in [4.78, 5) is 28.9. The molecule has 2 aliphatic heterocycles. The molecular weight excluding hydrogens is 428 g/mol. The monoisotopic (exact) mass is 454 g/mol. The summed E-state index contributed by atoms with van der Waals surface area (Å²) in [5.41, 5.74) is 2.63. The van der Waals surface area contributed by atoms with Crippen LogP contribution in [0.2, 0.25) is 0 Å². The number of ether oxygens (including phenoxy) is 1. The van der Waals surface area contributed by atoms with Crippen molar-refractivity contribution in [2.24, 2.45) is 0 Å². The Morgan fingerprint density at radius 3 is 2.91 bits per heavy atom. The van der Waals surface area contributed by atoms with Gasteiger partial charge in [0.2, 0.25) is 0 Å². The first kappa shape index (κ1) is 21.0. The molecule has 32 heavy (non-hydrogen) atoms. The fourth-order valence-electron chi connectivity index (χ4n) is 4.41. The molecule has 1 saturated heterocycles. The van der Waals surface area contributed by atoms with Gasteiger partial charge in [-0.15, -0.1) is 11.3 Å². The fourth-order valence-corrected chi connectivity index (χ4v) is 5.62. The number of benzene rings is 1. The third-order valence-corrected chi connectivity index (χ3v) is 7.22. The summed E-state index contributed by atoms with van der Waals surface area (Å²) in [7, 11) is 0. The summed E-state index contributed by atoms with van der Waals surface area (Å²) < 4.78 is 5.74. The number of anilines is 1. The number of nitrogens with one attached hydrogen (secondary N) is 4.